The van der Waals surface area contributed by atoms with Gasteiger partial charge in [0.05, 0.1) is 15.5 Å². The first-order valence-corrected chi connectivity index (χ1v) is 13.4. The molecule has 3 aromatic rings. The second kappa shape index (κ2) is 12.2. The van der Waals surface area contributed by atoms with Gasteiger partial charge >= 0.3 is 0 Å². The number of likely N-dealkylation sites (N-methyl/N-ethyl adjacent to an activating group) is 1. The zero-order valence-corrected chi connectivity index (χ0v) is 22.7. The van der Waals surface area contributed by atoms with Crippen molar-refractivity contribution >= 4 is 56.4 Å². The van der Waals surface area contributed by atoms with Crippen molar-refractivity contribution in [2.45, 2.75) is 24.4 Å². The number of halogens is 2. The third-order valence-corrected chi connectivity index (χ3v) is 8.10. The van der Waals surface area contributed by atoms with Crippen molar-refractivity contribution in [3.8, 4) is 0 Å². The van der Waals surface area contributed by atoms with Gasteiger partial charge in [0.15, 0.2) is 0 Å². The van der Waals surface area contributed by atoms with Crippen LogP contribution < -0.4 is 9.62 Å². The van der Waals surface area contributed by atoms with E-state index in [0.717, 1.165) is 16.4 Å². The summed E-state index contributed by atoms with van der Waals surface area (Å²) < 4.78 is 28.1. The van der Waals surface area contributed by atoms with Gasteiger partial charge in [-0.1, -0.05) is 47.5 Å². The molecule has 0 fully saturated rings. The maximum atomic E-state index is 13.7. The molecule has 3 rings (SSSR count). The summed E-state index contributed by atoms with van der Waals surface area (Å²) in [6.45, 7) is 0.701. The Balaban J connectivity index is 2.05. The number of nitrogens with zero attached hydrogens (tertiary/aromatic N) is 3. The van der Waals surface area contributed by atoms with Gasteiger partial charge in [-0.3, -0.25) is 24.0 Å². The third-order valence-electron chi connectivity index (χ3n) is 5.73. The van der Waals surface area contributed by atoms with E-state index >= 15 is 0 Å². The molecule has 0 spiro atoms. The second-order valence-corrected chi connectivity index (χ2v) is 10.9. The highest BCUT2D eigenvalue weighted by atomic mass is 35.5. The van der Waals surface area contributed by atoms with Crippen molar-refractivity contribution in [2.75, 3.05) is 17.9 Å². The highest BCUT2D eigenvalue weighted by Gasteiger charge is 2.32. The smallest absolute Gasteiger partial charge is 0.269 e. The quantitative estimate of drug-likeness (QED) is 0.282. The lowest BCUT2D eigenvalue weighted by atomic mass is 10.1. The largest absolute Gasteiger partial charge is 0.357 e. The number of amides is 2. The fraction of sp³-hybridized carbons (Fsp3) is 0.200. The van der Waals surface area contributed by atoms with E-state index in [1.807, 2.05) is 0 Å². The summed E-state index contributed by atoms with van der Waals surface area (Å²) in [6, 6.07) is 15.9. The first-order valence-electron chi connectivity index (χ1n) is 11.2. The van der Waals surface area contributed by atoms with Gasteiger partial charge in [-0.2, -0.15) is 0 Å². The average Bonchev–Trinajstić information content (AvgIpc) is 2.90. The van der Waals surface area contributed by atoms with Crippen molar-refractivity contribution in [2.24, 2.45) is 0 Å². The van der Waals surface area contributed by atoms with Crippen LogP contribution in [0.15, 0.2) is 77.7 Å². The summed E-state index contributed by atoms with van der Waals surface area (Å²) >= 11 is 12.3. The van der Waals surface area contributed by atoms with E-state index in [2.05, 4.69) is 5.32 Å². The van der Waals surface area contributed by atoms with Gasteiger partial charge in [-0.05, 0) is 48.9 Å². The van der Waals surface area contributed by atoms with E-state index in [9.17, 15) is 28.1 Å². The Morgan fingerprint density at radius 2 is 1.66 bits per heavy atom. The Bertz CT molecular complexity index is 1440. The fourth-order valence-corrected chi connectivity index (χ4v) is 5.52. The van der Waals surface area contributed by atoms with Crippen LogP contribution in [0.5, 0.6) is 0 Å². The zero-order chi connectivity index (χ0) is 28.0. The predicted octanol–water partition coefficient (Wildman–Crippen LogP) is 4.26. The van der Waals surface area contributed by atoms with Gasteiger partial charge in [0, 0.05) is 35.8 Å². The Morgan fingerprint density at radius 3 is 2.21 bits per heavy atom. The van der Waals surface area contributed by atoms with E-state index in [4.69, 9.17) is 23.2 Å². The van der Waals surface area contributed by atoms with Crippen LogP contribution in [0.25, 0.3) is 0 Å². The molecule has 0 radical (unpaired) electrons. The number of rotatable bonds is 10. The standard InChI is InChI=1S/C25H24Cl2N4O6S/c1-17(25(33)28-2)29(15-18-8-9-19(26)14-23(18)27)24(32)16-30(20-10-12-21(13-11-20)31(34)35)38(36,37)22-6-4-3-5-7-22/h3-14,17H,15-16H2,1-2H3,(H,28,33)/t17-/m0/s1. The van der Waals surface area contributed by atoms with E-state index in [-0.39, 0.29) is 27.8 Å². The minimum atomic E-state index is -4.28. The van der Waals surface area contributed by atoms with E-state index in [1.54, 1.807) is 18.2 Å². The molecule has 10 nitrogen and oxygen atoms in total. The molecule has 0 aliphatic carbocycles. The number of non-ortho nitro benzene ring substituents is 1. The van der Waals surface area contributed by atoms with Crippen LogP contribution in [0.3, 0.4) is 0 Å². The zero-order valence-electron chi connectivity index (χ0n) is 20.4. The van der Waals surface area contributed by atoms with E-state index in [1.165, 1.54) is 61.3 Å². The van der Waals surface area contributed by atoms with Gasteiger partial charge in [-0.25, -0.2) is 8.42 Å². The van der Waals surface area contributed by atoms with Gasteiger partial charge in [0.2, 0.25) is 11.8 Å². The predicted molar refractivity (Wildman–Crippen MR) is 145 cm³/mol. The molecular weight excluding hydrogens is 555 g/mol. The SMILES string of the molecule is CNC(=O)[C@H](C)N(Cc1ccc(Cl)cc1Cl)C(=O)CN(c1ccc([N+](=O)[O-])cc1)S(=O)(=O)c1ccccc1. The molecule has 3 aromatic carbocycles. The van der Waals surface area contributed by atoms with Crippen LogP contribution in [-0.2, 0) is 26.2 Å². The van der Waals surface area contributed by atoms with Gasteiger partial charge in [-0.15, -0.1) is 0 Å². The van der Waals surface area contributed by atoms with Gasteiger partial charge in [0.25, 0.3) is 15.7 Å². The Morgan fingerprint density at radius 1 is 1.03 bits per heavy atom. The van der Waals surface area contributed by atoms with Crippen LogP contribution in [-0.4, -0.2) is 49.7 Å². The van der Waals surface area contributed by atoms with Crippen molar-refractivity contribution < 1.29 is 22.9 Å². The minimum Gasteiger partial charge on any atom is -0.357 e. The van der Waals surface area contributed by atoms with Gasteiger partial charge in [0.1, 0.15) is 12.6 Å². The van der Waals surface area contributed by atoms with Crippen molar-refractivity contribution in [1.82, 2.24) is 10.2 Å². The number of carbonyl (C=O) groups excluding carboxylic acids is 2. The number of hydrogen-bond donors (Lipinski definition) is 1. The molecule has 0 bridgehead atoms. The molecule has 1 atom stereocenters. The average molecular weight is 579 g/mol. The molecule has 38 heavy (non-hydrogen) atoms. The Hall–Kier alpha value is -3.67. The summed E-state index contributed by atoms with van der Waals surface area (Å²) in [6.07, 6.45) is 0. The first-order chi connectivity index (χ1) is 17.9. The van der Waals surface area contributed by atoms with Crippen LogP contribution in [0.2, 0.25) is 10.0 Å². The number of nitro groups is 1. The van der Waals surface area contributed by atoms with Crippen LogP contribution in [0.4, 0.5) is 11.4 Å². The molecule has 0 saturated heterocycles. The third kappa shape index (κ3) is 6.60. The van der Waals surface area contributed by atoms with Crippen molar-refractivity contribution in [3.05, 3.63) is 98.5 Å². The molecule has 0 heterocycles. The lowest BCUT2D eigenvalue weighted by molar-refractivity contribution is -0.384. The number of nitro benzene ring substituents is 1. The molecule has 13 heteroatoms. The molecular formula is C25H24Cl2N4O6S. The fourth-order valence-electron chi connectivity index (χ4n) is 3.61. The second-order valence-electron chi connectivity index (χ2n) is 8.15. The summed E-state index contributed by atoms with van der Waals surface area (Å²) in [5.41, 5.74) is 0.280. The maximum Gasteiger partial charge on any atom is 0.269 e. The lowest BCUT2D eigenvalue weighted by Crippen LogP contribution is -2.50. The lowest BCUT2D eigenvalue weighted by Gasteiger charge is -2.32. The van der Waals surface area contributed by atoms with Crippen LogP contribution in [0.1, 0.15) is 12.5 Å². The highest BCUT2D eigenvalue weighted by molar-refractivity contribution is 7.92. The molecule has 200 valence electrons. The number of nitrogens with one attached hydrogen (secondary N) is 1. The summed E-state index contributed by atoms with van der Waals surface area (Å²) in [5.74, 6) is -1.18. The molecule has 0 aliphatic rings. The van der Waals surface area contributed by atoms with Gasteiger partial charge < -0.3 is 10.2 Å². The van der Waals surface area contributed by atoms with Crippen LogP contribution in [0, 0.1) is 10.1 Å². The molecule has 0 aliphatic heterocycles. The molecule has 0 unspecified atom stereocenters. The number of carbonyl (C=O) groups is 2. The summed E-state index contributed by atoms with van der Waals surface area (Å²) in [4.78, 5) is 37.8. The number of sulfonamides is 1. The number of benzene rings is 3. The van der Waals surface area contributed by atoms with E-state index in [0.29, 0.717) is 10.6 Å². The summed E-state index contributed by atoms with van der Waals surface area (Å²) in [7, 11) is -2.87. The number of anilines is 1. The molecule has 1 N–H and O–H groups in total. The summed E-state index contributed by atoms with van der Waals surface area (Å²) in [5, 5.41) is 14.2. The minimum absolute atomic E-state index is 0.0323. The highest BCUT2D eigenvalue weighted by Crippen LogP contribution is 2.27. The first kappa shape index (κ1) is 28.9. The topological polar surface area (TPSA) is 130 Å². The van der Waals surface area contributed by atoms with Crippen molar-refractivity contribution in [1.29, 1.82) is 0 Å². The molecule has 0 saturated carbocycles. The Labute approximate surface area is 230 Å². The normalized spacial score (nSPS) is 11.9. The molecule has 2 amide bonds. The monoisotopic (exact) mass is 578 g/mol. The van der Waals surface area contributed by atoms with Crippen LogP contribution >= 0.6 is 23.2 Å². The maximum absolute atomic E-state index is 13.7. The molecule has 0 aromatic heterocycles. The Kier molecular flexibility index (Phi) is 9.31. The van der Waals surface area contributed by atoms with E-state index < -0.39 is 39.3 Å². The number of hydrogen-bond acceptors (Lipinski definition) is 6. The van der Waals surface area contributed by atoms with Crippen molar-refractivity contribution in [3.63, 3.8) is 0 Å².